The Balaban J connectivity index is 1.35. The Morgan fingerprint density at radius 1 is 1.19 bits per heavy atom. The highest BCUT2D eigenvalue weighted by atomic mass is 32.2. The maximum absolute atomic E-state index is 13.0. The Labute approximate surface area is 223 Å². The summed E-state index contributed by atoms with van der Waals surface area (Å²) in [6, 6.07) is 16.3. The minimum atomic E-state index is -0.851. The van der Waals surface area contributed by atoms with Gasteiger partial charge in [0, 0.05) is 24.5 Å². The van der Waals surface area contributed by atoms with Crippen LogP contribution in [0.4, 0.5) is 4.79 Å². The van der Waals surface area contributed by atoms with Crippen LogP contribution in [0.3, 0.4) is 0 Å². The van der Waals surface area contributed by atoms with Crippen LogP contribution < -0.4 is 5.32 Å². The van der Waals surface area contributed by atoms with Crippen LogP contribution in [-0.2, 0) is 27.1 Å². The fourth-order valence-electron chi connectivity index (χ4n) is 4.48. The molecule has 0 saturated carbocycles. The summed E-state index contributed by atoms with van der Waals surface area (Å²) in [5, 5.41) is 12.5. The zero-order valence-electron chi connectivity index (χ0n) is 21.8. The molecule has 2 aliphatic heterocycles. The molecule has 1 saturated heterocycles. The Kier molecular flexibility index (Phi) is 8.78. The fraction of sp³-hybridized carbons (Fsp3) is 0.483. The van der Waals surface area contributed by atoms with Gasteiger partial charge >= 0.3 is 6.09 Å². The number of amides is 2. The van der Waals surface area contributed by atoms with Crippen molar-refractivity contribution >= 4 is 23.8 Å². The summed E-state index contributed by atoms with van der Waals surface area (Å²) in [6.45, 7) is 6.32. The number of carbonyl (C=O) groups is 2. The highest BCUT2D eigenvalue weighted by Gasteiger charge is 2.31. The molecule has 8 heteroatoms. The Morgan fingerprint density at radius 3 is 2.68 bits per heavy atom. The first-order chi connectivity index (χ1) is 17.7. The van der Waals surface area contributed by atoms with Crippen molar-refractivity contribution in [1.29, 1.82) is 5.26 Å². The molecule has 0 aromatic heterocycles. The molecule has 0 aliphatic carbocycles. The SMILES string of the molecule is CC(C)(C)OC(=O)N1CCCO[C@H](C(=O)N[C@H](C#N)Cc2ccc(-c3ccc4c(c3)CCCS4)cc2)C1. The smallest absolute Gasteiger partial charge is 0.410 e. The monoisotopic (exact) mass is 521 g/mol. The lowest BCUT2D eigenvalue weighted by molar-refractivity contribution is -0.133. The van der Waals surface area contributed by atoms with Gasteiger partial charge in [-0.15, -0.1) is 11.8 Å². The summed E-state index contributed by atoms with van der Waals surface area (Å²) < 4.78 is 11.2. The molecular weight excluding hydrogens is 486 g/mol. The van der Waals surface area contributed by atoms with Gasteiger partial charge < -0.3 is 19.7 Å². The van der Waals surface area contributed by atoms with Crippen molar-refractivity contribution in [2.24, 2.45) is 0 Å². The van der Waals surface area contributed by atoms with Crippen LogP contribution in [0.2, 0.25) is 0 Å². The van der Waals surface area contributed by atoms with Gasteiger partial charge in [-0.1, -0.05) is 36.4 Å². The largest absolute Gasteiger partial charge is 0.444 e. The third kappa shape index (κ3) is 7.50. The normalized spacial score (nSPS) is 18.6. The van der Waals surface area contributed by atoms with Gasteiger partial charge in [0.2, 0.25) is 0 Å². The number of ether oxygens (including phenoxy) is 2. The highest BCUT2D eigenvalue weighted by molar-refractivity contribution is 7.99. The van der Waals surface area contributed by atoms with Crippen LogP contribution in [0.1, 0.15) is 44.7 Å². The number of hydrogen-bond donors (Lipinski definition) is 1. The molecule has 0 spiro atoms. The molecule has 0 bridgehead atoms. The van der Waals surface area contributed by atoms with Gasteiger partial charge in [-0.25, -0.2) is 4.79 Å². The van der Waals surface area contributed by atoms with Crippen molar-refractivity contribution in [3.05, 3.63) is 53.6 Å². The van der Waals surface area contributed by atoms with Gasteiger partial charge in [-0.2, -0.15) is 5.26 Å². The van der Waals surface area contributed by atoms with Crippen LogP contribution in [0.5, 0.6) is 0 Å². The van der Waals surface area contributed by atoms with E-state index in [1.165, 1.54) is 33.1 Å². The Hall–Kier alpha value is -3.02. The number of carbonyl (C=O) groups excluding carboxylic acids is 2. The first-order valence-corrected chi connectivity index (χ1v) is 13.8. The first-order valence-electron chi connectivity index (χ1n) is 12.9. The number of nitrogens with zero attached hydrogens (tertiary/aromatic N) is 2. The molecule has 2 atom stereocenters. The summed E-state index contributed by atoms with van der Waals surface area (Å²) >= 11 is 1.92. The lowest BCUT2D eigenvalue weighted by Gasteiger charge is -2.27. The van der Waals surface area contributed by atoms with Crippen molar-refractivity contribution < 1.29 is 19.1 Å². The minimum Gasteiger partial charge on any atom is -0.444 e. The molecule has 2 heterocycles. The van der Waals surface area contributed by atoms with Crippen LogP contribution in [0, 0.1) is 11.3 Å². The molecule has 0 unspecified atom stereocenters. The number of rotatable bonds is 5. The molecule has 1 N–H and O–H groups in total. The van der Waals surface area contributed by atoms with E-state index in [0.717, 1.165) is 17.5 Å². The second-order valence-corrected chi connectivity index (χ2v) is 11.6. The summed E-state index contributed by atoms with van der Waals surface area (Å²) in [5.41, 5.74) is 4.08. The average Bonchev–Trinajstić information content (AvgIpc) is 3.14. The summed E-state index contributed by atoms with van der Waals surface area (Å²) in [5.74, 6) is 0.789. The number of nitrogens with one attached hydrogen (secondary N) is 1. The van der Waals surface area contributed by atoms with Gasteiger partial charge in [-0.3, -0.25) is 4.79 Å². The molecule has 2 aromatic carbocycles. The zero-order chi connectivity index (χ0) is 26.4. The summed E-state index contributed by atoms with van der Waals surface area (Å²) in [4.78, 5) is 28.4. The zero-order valence-corrected chi connectivity index (χ0v) is 22.6. The maximum atomic E-state index is 13.0. The number of aryl methyl sites for hydroxylation is 1. The Morgan fingerprint density at radius 2 is 1.95 bits per heavy atom. The lowest BCUT2D eigenvalue weighted by Crippen LogP contribution is -2.48. The molecule has 4 rings (SSSR count). The molecule has 196 valence electrons. The number of fused-ring (bicyclic) bond motifs is 1. The molecule has 0 radical (unpaired) electrons. The third-order valence-corrected chi connectivity index (χ3v) is 7.53. The van der Waals surface area contributed by atoms with Crippen molar-refractivity contribution in [2.75, 3.05) is 25.4 Å². The van der Waals surface area contributed by atoms with E-state index >= 15 is 0 Å². The van der Waals surface area contributed by atoms with Crippen molar-refractivity contribution in [1.82, 2.24) is 10.2 Å². The minimum absolute atomic E-state index is 0.0902. The fourth-order valence-corrected chi connectivity index (χ4v) is 5.50. The van der Waals surface area contributed by atoms with E-state index in [1.54, 1.807) is 20.8 Å². The number of thioether (sulfide) groups is 1. The average molecular weight is 522 g/mol. The number of hydrogen-bond acceptors (Lipinski definition) is 6. The topological polar surface area (TPSA) is 91.7 Å². The van der Waals surface area contributed by atoms with Crippen LogP contribution in [0.15, 0.2) is 47.4 Å². The van der Waals surface area contributed by atoms with Crippen molar-refractivity contribution in [2.45, 2.75) is 69.1 Å². The molecular formula is C29H35N3O4S. The standard InChI is InChI=1S/C29H35N3O4S/c1-29(2,3)36-28(34)32-13-5-14-35-25(19-32)27(33)31-24(18-30)16-20-7-9-21(10-8-20)22-11-12-26-23(17-22)6-4-15-37-26/h7-12,17,24-25H,4-6,13-16,19H2,1-3H3,(H,31,33)/t24-,25-/m0/s1. The van der Waals surface area contributed by atoms with Crippen LogP contribution in [-0.4, -0.2) is 60.1 Å². The molecule has 7 nitrogen and oxygen atoms in total. The van der Waals surface area contributed by atoms with Gasteiger partial charge in [0.05, 0.1) is 12.6 Å². The number of nitriles is 1. The second-order valence-electron chi connectivity index (χ2n) is 10.5. The van der Waals surface area contributed by atoms with Crippen LogP contribution in [0.25, 0.3) is 11.1 Å². The molecule has 37 heavy (non-hydrogen) atoms. The molecule has 2 amide bonds. The van der Waals surface area contributed by atoms with Gasteiger partial charge in [-0.05, 0) is 74.1 Å². The van der Waals surface area contributed by atoms with E-state index in [2.05, 4.69) is 41.7 Å². The van der Waals surface area contributed by atoms with E-state index in [-0.39, 0.29) is 6.54 Å². The van der Waals surface area contributed by atoms with Crippen molar-refractivity contribution in [3.63, 3.8) is 0 Å². The quantitative estimate of drug-likeness (QED) is 0.597. The number of benzene rings is 2. The molecule has 2 aliphatic rings. The summed E-state index contributed by atoms with van der Waals surface area (Å²) in [6.07, 6.45) is 2.01. The van der Waals surface area contributed by atoms with E-state index < -0.39 is 29.7 Å². The van der Waals surface area contributed by atoms with Gasteiger partial charge in [0.25, 0.3) is 5.91 Å². The predicted molar refractivity (Wildman–Crippen MR) is 144 cm³/mol. The van der Waals surface area contributed by atoms with E-state index in [1.807, 2.05) is 23.9 Å². The van der Waals surface area contributed by atoms with Crippen molar-refractivity contribution in [3.8, 4) is 17.2 Å². The second kappa shape index (κ2) is 12.0. The molecule has 2 aromatic rings. The van der Waals surface area contributed by atoms with E-state index in [4.69, 9.17) is 9.47 Å². The van der Waals surface area contributed by atoms with Gasteiger partial charge in [0.15, 0.2) is 6.10 Å². The predicted octanol–water partition coefficient (Wildman–Crippen LogP) is 4.97. The Bertz CT molecular complexity index is 1150. The van der Waals surface area contributed by atoms with E-state index in [9.17, 15) is 14.9 Å². The maximum Gasteiger partial charge on any atom is 0.410 e. The third-order valence-electron chi connectivity index (χ3n) is 6.33. The van der Waals surface area contributed by atoms with Crippen LogP contribution >= 0.6 is 11.8 Å². The highest BCUT2D eigenvalue weighted by Crippen LogP contribution is 2.33. The lowest BCUT2D eigenvalue weighted by atomic mass is 9.98. The molecule has 1 fully saturated rings. The van der Waals surface area contributed by atoms with E-state index in [0.29, 0.717) is 26.0 Å². The first kappa shape index (κ1) is 27.0. The summed E-state index contributed by atoms with van der Waals surface area (Å²) in [7, 11) is 0. The van der Waals surface area contributed by atoms with Gasteiger partial charge in [0.1, 0.15) is 11.6 Å².